The van der Waals surface area contributed by atoms with Gasteiger partial charge in [-0.15, -0.1) is 0 Å². The van der Waals surface area contributed by atoms with Gasteiger partial charge in [0.05, 0.1) is 5.56 Å². The van der Waals surface area contributed by atoms with Crippen molar-refractivity contribution < 1.29 is 13.2 Å². The number of halogens is 3. The predicted octanol–water partition coefficient (Wildman–Crippen LogP) is 6.13. The van der Waals surface area contributed by atoms with Crippen LogP contribution in [0.15, 0.2) is 72.8 Å². The lowest BCUT2D eigenvalue weighted by atomic mass is 9.98. The summed E-state index contributed by atoms with van der Waals surface area (Å²) in [6, 6.07) is 22.3. The molecule has 0 atom stereocenters. The lowest BCUT2D eigenvalue weighted by Crippen LogP contribution is -2.10. The zero-order chi connectivity index (χ0) is 18.6. The van der Waals surface area contributed by atoms with Crippen LogP contribution in [0.5, 0.6) is 0 Å². The lowest BCUT2D eigenvalue weighted by molar-refractivity contribution is -0.138. The van der Waals surface area contributed by atoms with Crippen LogP contribution in [-0.2, 0) is 19.0 Å². The van der Waals surface area contributed by atoms with E-state index in [2.05, 4.69) is 24.3 Å². The Morgan fingerprint density at radius 3 is 2.04 bits per heavy atom. The first-order valence-corrected chi connectivity index (χ1v) is 8.53. The third kappa shape index (κ3) is 4.45. The fraction of sp³-hybridized carbons (Fsp3) is 0.182. The van der Waals surface area contributed by atoms with Gasteiger partial charge in [-0.1, -0.05) is 60.7 Å². The topological polar surface area (TPSA) is 26.0 Å². The fourth-order valence-electron chi connectivity index (χ4n) is 3.05. The summed E-state index contributed by atoms with van der Waals surface area (Å²) in [5.74, 6) is 0. The largest absolute Gasteiger partial charge is 0.416 e. The van der Waals surface area contributed by atoms with E-state index >= 15 is 0 Å². The molecule has 2 N–H and O–H groups in total. The van der Waals surface area contributed by atoms with Crippen LogP contribution in [0.1, 0.15) is 23.1 Å². The summed E-state index contributed by atoms with van der Waals surface area (Å²) in [6.45, 7) is 0. The number of hydrogen-bond acceptors (Lipinski definition) is 1. The van der Waals surface area contributed by atoms with Crippen molar-refractivity contribution in [1.29, 1.82) is 0 Å². The Kier molecular flexibility index (Phi) is 5.31. The molecule has 3 aromatic carbocycles. The van der Waals surface area contributed by atoms with Crippen LogP contribution in [0.25, 0.3) is 11.1 Å². The minimum atomic E-state index is -4.37. The van der Waals surface area contributed by atoms with Gasteiger partial charge in [0.15, 0.2) is 0 Å². The zero-order valence-electron chi connectivity index (χ0n) is 14.3. The van der Waals surface area contributed by atoms with Crippen molar-refractivity contribution in [2.75, 3.05) is 5.73 Å². The summed E-state index contributed by atoms with van der Waals surface area (Å²) in [6.07, 6.45) is -2.62. The van der Waals surface area contributed by atoms with Crippen LogP contribution in [0, 0.1) is 0 Å². The van der Waals surface area contributed by atoms with Crippen molar-refractivity contribution >= 4 is 5.69 Å². The molecular weight excluding hydrogens is 335 g/mol. The first kappa shape index (κ1) is 18.1. The van der Waals surface area contributed by atoms with E-state index in [4.69, 9.17) is 5.73 Å². The molecule has 0 aliphatic rings. The number of anilines is 1. The Bertz CT molecular complexity index is 853. The molecule has 0 aromatic heterocycles. The first-order valence-electron chi connectivity index (χ1n) is 8.53. The van der Waals surface area contributed by atoms with Gasteiger partial charge in [0.25, 0.3) is 0 Å². The Morgan fingerprint density at radius 2 is 1.38 bits per heavy atom. The highest BCUT2D eigenvalue weighted by Gasteiger charge is 2.33. The summed E-state index contributed by atoms with van der Waals surface area (Å²) in [5.41, 5.74) is 8.71. The van der Waals surface area contributed by atoms with Crippen LogP contribution >= 0.6 is 0 Å². The maximum Gasteiger partial charge on any atom is 0.416 e. The highest BCUT2D eigenvalue weighted by Crippen LogP contribution is 2.34. The number of aryl methyl sites for hydroxylation is 2. The molecule has 134 valence electrons. The van der Waals surface area contributed by atoms with Gasteiger partial charge >= 0.3 is 6.18 Å². The van der Waals surface area contributed by atoms with E-state index in [1.54, 1.807) is 0 Å². The van der Waals surface area contributed by atoms with E-state index in [0.717, 1.165) is 29.2 Å². The lowest BCUT2D eigenvalue weighted by Gasteiger charge is -2.13. The molecule has 0 fully saturated rings. The smallest absolute Gasteiger partial charge is 0.399 e. The van der Waals surface area contributed by atoms with E-state index in [1.165, 1.54) is 12.1 Å². The number of benzene rings is 3. The van der Waals surface area contributed by atoms with E-state index in [9.17, 15) is 13.2 Å². The Morgan fingerprint density at radius 1 is 0.731 bits per heavy atom. The molecule has 0 aliphatic carbocycles. The molecular formula is C22H20F3N. The standard InChI is InChI=1S/C22H20F3N/c23-22(24,25)21-15-20(26)14-13-19(21)8-4-5-16-9-11-18(12-10-16)17-6-2-1-3-7-17/h1-3,6-7,9-15H,4-5,8,26H2. The van der Waals surface area contributed by atoms with Crippen molar-refractivity contribution in [2.45, 2.75) is 25.4 Å². The molecule has 0 aliphatic heterocycles. The Hall–Kier alpha value is -2.75. The van der Waals surface area contributed by atoms with Crippen molar-refractivity contribution in [3.63, 3.8) is 0 Å². The van der Waals surface area contributed by atoms with Crippen LogP contribution in [-0.4, -0.2) is 0 Å². The number of alkyl halides is 3. The van der Waals surface area contributed by atoms with Gasteiger partial charge in [-0.3, -0.25) is 0 Å². The van der Waals surface area contributed by atoms with Gasteiger partial charge in [-0.2, -0.15) is 13.2 Å². The van der Waals surface area contributed by atoms with Crippen LogP contribution in [0.3, 0.4) is 0 Å². The Labute approximate surface area is 151 Å². The molecule has 3 aromatic rings. The molecule has 4 heteroatoms. The normalized spacial score (nSPS) is 11.5. The number of nitrogens with two attached hydrogens (primary N) is 1. The molecule has 0 amide bonds. The van der Waals surface area contributed by atoms with Gasteiger partial charge in [-0.25, -0.2) is 0 Å². The van der Waals surface area contributed by atoms with Gasteiger partial charge in [-0.05, 0) is 53.6 Å². The highest BCUT2D eigenvalue weighted by atomic mass is 19.4. The highest BCUT2D eigenvalue weighted by molar-refractivity contribution is 5.63. The van der Waals surface area contributed by atoms with E-state index in [0.29, 0.717) is 18.4 Å². The molecule has 3 rings (SSSR count). The SMILES string of the molecule is Nc1ccc(CCCc2ccc(-c3ccccc3)cc2)c(C(F)(F)F)c1. The average Bonchev–Trinajstić information content (AvgIpc) is 2.63. The fourth-order valence-corrected chi connectivity index (χ4v) is 3.05. The number of rotatable bonds is 5. The molecule has 0 spiro atoms. The molecule has 0 radical (unpaired) electrons. The minimum absolute atomic E-state index is 0.137. The van der Waals surface area contributed by atoms with Crippen LogP contribution in [0.2, 0.25) is 0 Å². The van der Waals surface area contributed by atoms with Gasteiger partial charge in [0.2, 0.25) is 0 Å². The van der Waals surface area contributed by atoms with E-state index in [1.807, 2.05) is 30.3 Å². The second-order valence-corrected chi connectivity index (χ2v) is 6.33. The molecule has 0 unspecified atom stereocenters. The van der Waals surface area contributed by atoms with E-state index in [-0.39, 0.29) is 5.69 Å². The summed E-state index contributed by atoms with van der Waals surface area (Å²) in [7, 11) is 0. The maximum absolute atomic E-state index is 13.1. The monoisotopic (exact) mass is 355 g/mol. The quantitative estimate of drug-likeness (QED) is 0.547. The summed E-state index contributed by atoms with van der Waals surface area (Å²) in [4.78, 5) is 0. The number of nitrogen functional groups attached to an aromatic ring is 1. The minimum Gasteiger partial charge on any atom is -0.399 e. The molecule has 0 saturated heterocycles. The van der Waals surface area contributed by atoms with Gasteiger partial charge in [0, 0.05) is 5.69 Å². The third-order valence-corrected chi connectivity index (χ3v) is 4.41. The zero-order valence-corrected chi connectivity index (χ0v) is 14.3. The summed E-state index contributed by atoms with van der Waals surface area (Å²) < 4.78 is 39.4. The maximum atomic E-state index is 13.1. The summed E-state index contributed by atoms with van der Waals surface area (Å²) >= 11 is 0. The van der Waals surface area contributed by atoms with Crippen molar-refractivity contribution in [3.05, 3.63) is 89.5 Å². The van der Waals surface area contributed by atoms with Crippen LogP contribution < -0.4 is 5.73 Å². The molecule has 1 nitrogen and oxygen atoms in total. The number of hydrogen-bond donors (Lipinski definition) is 1. The second kappa shape index (κ2) is 7.65. The molecule has 0 saturated carbocycles. The molecule has 0 heterocycles. The van der Waals surface area contributed by atoms with Gasteiger partial charge in [0.1, 0.15) is 0 Å². The molecule has 0 bridgehead atoms. The third-order valence-electron chi connectivity index (χ3n) is 4.41. The van der Waals surface area contributed by atoms with Crippen molar-refractivity contribution in [1.82, 2.24) is 0 Å². The van der Waals surface area contributed by atoms with Crippen molar-refractivity contribution in [3.8, 4) is 11.1 Å². The first-order chi connectivity index (χ1) is 12.4. The average molecular weight is 355 g/mol. The van der Waals surface area contributed by atoms with E-state index < -0.39 is 11.7 Å². The van der Waals surface area contributed by atoms with Crippen LogP contribution in [0.4, 0.5) is 18.9 Å². The van der Waals surface area contributed by atoms with Gasteiger partial charge < -0.3 is 5.73 Å². The summed E-state index contributed by atoms with van der Waals surface area (Å²) in [5, 5.41) is 0. The second-order valence-electron chi connectivity index (χ2n) is 6.33. The Balaban J connectivity index is 1.64. The predicted molar refractivity (Wildman–Crippen MR) is 99.8 cm³/mol. The molecule has 26 heavy (non-hydrogen) atoms. The van der Waals surface area contributed by atoms with Crippen molar-refractivity contribution in [2.24, 2.45) is 0 Å².